The van der Waals surface area contributed by atoms with Gasteiger partial charge in [0.1, 0.15) is 5.75 Å². The van der Waals surface area contributed by atoms with Gasteiger partial charge >= 0.3 is 6.61 Å². The smallest absolute Gasteiger partial charge is 0.387 e. The molecule has 4 nitrogen and oxygen atoms in total. The highest BCUT2D eigenvalue weighted by atomic mass is 19.3. The molecule has 0 spiro atoms. The van der Waals surface area contributed by atoms with E-state index in [-0.39, 0.29) is 24.2 Å². The molecular weight excluding hydrogens is 290 g/mol. The number of amides is 1. The molecule has 1 aromatic rings. The van der Waals surface area contributed by atoms with Gasteiger partial charge in [-0.2, -0.15) is 8.78 Å². The van der Waals surface area contributed by atoms with Crippen LogP contribution in [0.25, 0.3) is 0 Å². The molecule has 122 valence electrons. The Labute approximate surface area is 129 Å². The Morgan fingerprint density at radius 2 is 2.00 bits per heavy atom. The predicted octanol–water partition coefficient (Wildman–Crippen LogP) is 3.49. The lowest BCUT2D eigenvalue weighted by Crippen LogP contribution is -2.41. The molecule has 6 heteroatoms. The number of rotatable bonds is 6. The van der Waals surface area contributed by atoms with Crippen LogP contribution >= 0.6 is 0 Å². The summed E-state index contributed by atoms with van der Waals surface area (Å²) in [7, 11) is 1.81. The summed E-state index contributed by atoms with van der Waals surface area (Å²) in [6, 6.07) is 6.67. The van der Waals surface area contributed by atoms with E-state index in [0.29, 0.717) is 5.69 Å². The lowest BCUT2D eigenvalue weighted by atomic mass is 9.94. The number of hydrogen-bond donors (Lipinski definition) is 1. The Kier molecular flexibility index (Phi) is 5.98. The number of alkyl halides is 2. The Morgan fingerprint density at radius 3 is 2.68 bits per heavy atom. The summed E-state index contributed by atoms with van der Waals surface area (Å²) < 4.78 is 29.1. The highest BCUT2D eigenvalue weighted by Gasteiger charge is 2.22. The van der Waals surface area contributed by atoms with Crippen LogP contribution in [-0.4, -0.2) is 37.1 Å². The number of anilines is 1. The standard InChI is InChI=1S/C16H22F2N2O2/c1-20(12-7-3-2-4-8-12)15(21)11-19-13-9-5-6-10-14(13)22-16(17)18/h5-6,9-10,12,16,19H,2-4,7-8,11H2,1H3. The summed E-state index contributed by atoms with van der Waals surface area (Å²) in [6.07, 6.45) is 5.61. The maximum Gasteiger partial charge on any atom is 0.387 e. The van der Waals surface area contributed by atoms with Gasteiger partial charge in [-0.25, -0.2) is 0 Å². The molecule has 2 rings (SSSR count). The van der Waals surface area contributed by atoms with Gasteiger partial charge in [0.05, 0.1) is 12.2 Å². The van der Waals surface area contributed by atoms with Gasteiger partial charge in [0.15, 0.2) is 0 Å². The molecule has 1 aliphatic rings. The number of halogens is 2. The maximum atomic E-state index is 12.3. The van der Waals surface area contributed by atoms with Gasteiger partial charge in [-0.15, -0.1) is 0 Å². The van der Waals surface area contributed by atoms with Gasteiger partial charge in [0.25, 0.3) is 0 Å². The van der Waals surface area contributed by atoms with Crippen LogP contribution in [0.4, 0.5) is 14.5 Å². The average Bonchev–Trinajstić information content (AvgIpc) is 2.53. The third kappa shape index (κ3) is 4.58. The second-order valence-corrected chi connectivity index (χ2v) is 5.52. The van der Waals surface area contributed by atoms with E-state index in [1.165, 1.54) is 12.5 Å². The normalized spacial score (nSPS) is 15.6. The summed E-state index contributed by atoms with van der Waals surface area (Å²) in [6.45, 7) is -2.82. The van der Waals surface area contributed by atoms with Crippen LogP contribution in [0.1, 0.15) is 32.1 Å². The number of benzene rings is 1. The van der Waals surface area contributed by atoms with Crippen molar-refractivity contribution in [3.8, 4) is 5.75 Å². The van der Waals surface area contributed by atoms with E-state index in [2.05, 4.69) is 10.1 Å². The zero-order chi connectivity index (χ0) is 15.9. The minimum atomic E-state index is -2.89. The van der Waals surface area contributed by atoms with Crippen LogP contribution < -0.4 is 10.1 Å². The average molecular weight is 312 g/mol. The van der Waals surface area contributed by atoms with E-state index in [9.17, 15) is 13.6 Å². The number of likely N-dealkylation sites (N-methyl/N-ethyl adjacent to an activating group) is 1. The molecule has 1 fully saturated rings. The number of nitrogens with zero attached hydrogens (tertiary/aromatic N) is 1. The first-order valence-corrected chi connectivity index (χ1v) is 7.61. The van der Waals surface area contributed by atoms with E-state index < -0.39 is 6.61 Å². The second-order valence-electron chi connectivity index (χ2n) is 5.52. The molecule has 0 bridgehead atoms. The van der Waals surface area contributed by atoms with Gasteiger partial charge in [-0.1, -0.05) is 31.4 Å². The molecule has 0 heterocycles. The number of para-hydroxylation sites is 2. The SMILES string of the molecule is CN(C(=O)CNc1ccccc1OC(F)F)C1CCCCC1. The zero-order valence-electron chi connectivity index (χ0n) is 12.7. The van der Waals surface area contributed by atoms with Crippen molar-refractivity contribution in [2.75, 3.05) is 18.9 Å². The largest absolute Gasteiger partial charge is 0.433 e. The van der Waals surface area contributed by atoms with Crippen LogP contribution in [-0.2, 0) is 4.79 Å². The molecule has 1 aliphatic carbocycles. The molecule has 0 unspecified atom stereocenters. The fraction of sp³-hybridized carbons (Fsp3) is 0.562. The molecule has 0 aromatic heterocycles. The number of carbonyl (C=O) groups is 1. The Balaban J connectivity index is 1.90. The number of carbonyl (C=O) groups excluding carboxylic acids is 1. The summed E-state index contributed by atoms with van der Waals surface area (Å²) in [5, 5.41) is 2.89. The molecule has 0 saturated heterocycles. The first-order chi connectivity index (χ1) is 10.6. The van der Waals surface area contributed by atoms with E-state index in [1.807, 2.05) is 7.05 Å². The van der Waals surface area contributed by atoms with Crippen LogP contribution in [0.15, 0.2) is 24.3 Å². The first-order valence-electron chi connectivity index (χ1n) is 7.61. The fourth-order valence-electron chi connectivity index (χ4n) is 2.78. The van der Waals surface area contributed by atoms with Gasteiger partial charge < -0.3 is 15.0 Å². The number of hydrogen-bond acceptors (Lipinski definition) is 3. The minimum Gasteiger partial charge on any atom is -0.433 e. The van der Waals surface area contributed by atoms with Crippen molar-refractivity contribution >= 4 is 11.6 Å². The van der Waals surface area contributed by atoms with Crippen molar-refractivity contribution in [2.45, 2.75) is 44.8 Å². The van der Waals surface area contributed by atoms with E-state index in [1.54, 1.807) is 23.1 Å². The topological polar surface area (TPSA) is 41.6 Å². The second kappa shape index (κ2) is 7.96. The monoisotopic (exact) mass is 312 g/mol. The van der Waals surface area contributed by atoms with Gasteiger partial charge in [-0.05, 0) is 25.0 Å². The number of ether oxygens (including phenoxy) is 1. The van der Waals surface area contributed by atoms with E-state index >= 15 is 0 Å². The molecule has 22 heavy (non-hydrogen) atoms. The molecule has 0 atom stereocenters. The van der Waals surface area contributed by atoms with Crippen molar-refractivity contribution in [3.63, 3.8) is 0 Å². The van der Waals surface area contributed by atoms with E-state index in [4.69, 9.17) is 0 Å². The Hall–Kier alpha value is -1.85. The molecule has 1 amide bonds. The third-order valence-corrected chi connectivity index (χ3v) is 4.05. The highest BCUT2D eigenvalue weighted by molar-refractivity contribution is 5.81. The number of nitrogens with one attached hydrogen (secondary N) is 1. The summed E-state index contributed by atoms with van der Waals surface area (Å²) in [4.78, 5) is 14.0. The lowest BCUT2D eigenvalue weighted by molar-refractivity contribution is -0.130. The molecule has 1 aromatic carbocycles. The van der Waals surface area contributed by atoms with Crippen molar-refractivity contribution < 1.29 is 18.3 Å². The summed E-state index contributed by atoms with van der Waals surface area (Å²) in [5.41, 5.74) is 0.396. The molecule has 0 aliphatic heterocycles. The van der Waals surface area contributed by atoms with Crippen molar-refractivity contribution in [1.82, 2.24) is 4.90 Å². The zero-order valence-corrected chi connectivity index (χ0v) is 12.7. The fourth-order valence-corrected chi connectivity index (χ4v) is 2.78. The third-order valence-electron chi connectivity index (χ3n) is 4.05. The van der Waals surface area contributed by atoms with Crippen LogP contribution in [0.2, 0.25) is 0 Å². The van der Waals surface area contributed by atoms with Gasteiger partial charge in [0.2, 0.25) is 5.91 Å². The predicted molar refractivity (Wildman–Crippen MR) is 81.2 cm³/mol. The van der Waals surface area contributed by atoms with E-state index in [0.717, 1.165) is 25.7 Å². The quantitative estimate of drug-likeness (QED) is 0.874. The highest BCUT2D eigenvalue weighted by Crippen LogP contribution is 2.26. The maximum absolute atomic E-state index is 12.3. The molecule has 1 saturated carbocycles. The van der Waals surface area contributed by atoms with Crippen LogP contribution in [0.5, 0.6) is 5.75 Å². The Bertz CT molecular complexity index is 491. The first kappa shape index (κ1) is 16.5. The summed E-state index contributed by atoms with van der Waals surface area (Å²) >= 11 is 0. The molecule has 0 radical (unpaired) electrons. The van der Waals surface area contributed by atoms with Crippen molar-refractivity contribution in [2.24, 2.45) is 0 Å². The van der Waals surface area contributed by atoms with Crippen molar-refractivity contribution in [1.29, 1.82) is 0 Å². The van der Waals surface area contributed by atoms with Crippen molar-refractivity contribution in [3.05, 3.63) is 24.3 Å². The molecule has 1 N–H and O–H groups in total. The summed E-state index contributed by atoms with van der Waals surface area (Å²) in [5.74, 6) is 0.00405. The minimum absolute atomic E-state index is 0.0428. The van der Waals surface area contributed by atoms with Gasteiger partial charge in [-0.3, -0.25) is 4.79 Å². The lowest BCUT2D eigenvalue weighted by Gasteiger charge is -2.31. The Morgan fingerprint density at radius 1 is 1.32 bits per heavy atom. The van der Waals surface area contributed by atoms with Gasteiger partial charge in [0, 0.05) is 13.1 Å². The van der Waals surface area contributed by atoms with Crippen LogP contribution in [0.3, 0.4) is 0 Å². The van der Waals surface area contributed by atoms with Crippen LogP contribution in [0, 0.1) is 0 Å². The molecular formula is C16H22F2N2O2.